The minimum Gasteiger partial charge on any atom is -0.421 e. The number of halogens is 1. The minimum absolute atomic E-state index is 0.0954. The van der Waals surface area contributed by atoms with Gasteiger partial charge in [0.05, 0.1) is 19.3 Å². The second-order valence-electron chi connectivity index (χ2n) is 4.36. The van der Waals surface area contributed by atoms with Crippen LogP contribution in [0.25, 0.3) is 22.1 Å². The Balaban J connectivity index is 2.46. The Morgan fingerprint density at radius 3 is 2.43 bits per heavy atom. The fraction of sp³-hybridized carbons (Fsp3) is 0. The van der Waals surface area contributed by atoms with Crippen molar-refractivity contribution in [1.82, 2.24) is 0 Å². The SMILES string of the molecule is O=c1oc(-c2ccccc2)c(I)c2c([N+](=O)[O-])cccc12. The van der Waals surface area contributed by atoms with E-state index in [0.717, 1.165) is 0 Å². The van der Waals surface area contributed by atoms with Crippen molar-refractivity contribution in [3.05, 3.63) is 72.6 Å². The number of fused-ring (bicyclic) bond motifs is 1. The summed E-state index contributed by atoms with van der Waals surface area (Å²) in [7, 11) is 0. The summed E-state index contributed by atoms with van der Waals surface area (Å²) in [6.45, 7) is 0. The van der Waals surface area contributed by atoms with Gasteiger partial charge in [0, 0.05) is 11.6 Å². The fourth-order valence-corrected chi connectivity index (χ4v) is 3.16. The van der Waals surface area contributed by atoms with Crippen molar-refractivity contribution in [1.29, 1.82) is 0 Å². The predicted molar refractivity (Wildman–Crippen MR) is 87.3 cm³/mol. The lowest BCUT2D eigenvalue weighted by Crippen LogP contribution is -2.04. The Morgan fingerprint density at radius 1 is 1.05 bits per heavy atom. The van der Waals surface area contributed by atoms with Crippen molar-refractivity contribution < 1.29 is 9.34 Å². The van der Waals surface area contributed by atoms with Crippen LogP contribution in [-0.4, -0.2) is 4.92 Å². The highest BCUT2D eigenvalue weighted by Crippen LogP contribution is 2.34. The third-order valence-electron chi connectivity index (χ3n) is 3.11. The van der Waals surface area contributed by atoms with Gasteiger partial charge in [0.25, 0.3) is 5.69 Å². The maximum atomic E-state index is 12.1. The lowest BCUT2D eigenvalue weighted by Gasteiger charge is -2.06. The Morgan fingerprint density at radius 2 is 1.76 bits per heavy atom. The molecule has 21 heavy (non-hydrogen) atoms. The van der Waals surface area contributed by atoms with Crippen LogP contribution >= 0.6 is 22.6 Å². The largest absolute Gasteiger partial charge is 0.421 e. The standard InChI is InChI=1S/C15H8INO4/c16-13-12-10(7-4-8-11(12)17(19)20)15(18)21-14(13)9-5-2-1-3-6-9/h1-8H. The van der Waals surface area contributed by atoms with Gasteiger partial charge in [-0.1, -0.05) is 36.4 Å². The summed E-state index contributed by atoms with van der Waals surface area (Å²) in [5.74, 6) is 0.350. The van der Waals surface area contributed by atoms with Crippen LogP contribution in [0.3, 0.4) is 0 Å². The van der Waals surface area contributed by atoms with Crippen LogP contribution < -0.4 is 5.63 Å². The van der Waals surface area contributed by atoms with Crippen LogP contribution in [0.15, 0.2) is 57.7 Å². The summed E-state index contributed by atoms with van der Waals surface area (Å²) in [4.78, 5) is 22.8. The van der Waals surface area contributed by atoms with Gasteiger partial charge >= 0.3 is 5.63 Å². The zero-order chi connectivity index (χ0) is 15.0. The van der Waals surface area contributed by atoms with Crippen LogP contribution in [0.2, 0.25) is 0 Å². The molecule has 0 aliphatic heterocycles. The van der Waals surface area contributed by atoms with E-state index in [1.807, 2.05) is 40.8 Å². The molecule has 2 aromatic carbocycles. The monoisotopic (exact) mass is 393 g/mol. The molecule has 6 heteroatoms. The maximum Gasteiger partial charge on any atom is 0.344 e. The van der Waals surface area contributed by atoms with E-state index < -0.39 is 10.5 Å². The number of hydrogen-bond acceptors (Lipinski definition) is 4. The number of nitrogens with zero attached hydrogens (tertiary/aromatic N) is 1. The van der Waals surface area contributed by atoms with Gasteiger partial charge in [-0.05, 0) is 28.7 Å². The molecule has 0 amide bonds. The number of nitro benzene ring substituents is 1. The number of nitro groups is 1. The normalized spacial score (nSPS) is 10.7. The molecule has 1 aromatic heterocycles. The third kappa shape index (κ3) is 2.31. The average Bonchev–Trinajstić information content (AvgIpc) is 2.51. The molecule has 0 atom stereocenters. The third-order valence-corrected chi connectivity index (χ3v) is 4.14. The predicted octanol–water partition coefficient (Wildman–Crippen LogP) is 3.97. The Labute approximate surface area is 132 Å². The van der Waals surface area contributed by atoms with Crippen molar-refractivity contribution in [2.24, 2.45) is 0 Å². The van der Waals surface area contributed by atoms with E-state index in [1.165, 1.54) is 18.2 Å². The average molecular weight is 393 g/mol. The van der Waals surface area contributed by atoms with Crippen LogP contribution in [0.4, 0.5) is 5.69 Å². The first-order valence-corrected chi connectivity index (χ1v) is 7.12. The van der Waals surface area contributed by atoms with E-state index in [-0.39, 0.29) is 11.1 Å². The molecular weight excluding hydrogens is 385 g/mol. The topological polar surface area (TPSA) is 73.3 Å². The summed E-state index contributed by atoms with van der Waals surface area (Å²) < 4.78 is 5.91. The van der Waals surface area contributed by atoms with Gasteiger partial charge in [0.2, 0.25) is 0 Å². The van der Waals surface area contributed by atoms with Gasteiger partial charge in [0.15, 0.2) is 5.76 Å². The number of non-ortho nitro benzene ring substituents is 1. The second-order valence-corrected chi connectivity index (χ2v) is 5.43. The highest BCUT2D eigenvalue weighted by atomic mass is 127. The fourth-order valence-electron chi connectivity index (χ4n) is 2.17. The van der Waals surface area contributed by atoms with Crippen LogP contribution in [0.5, 0.6) is 0 Å². The number of rotatable bonds is 2. The Bertz CT molecular complexity index is 903. The van der Waals surface area contributed by atoms with Gasteiger partial charge in [-0.25, -0.2) is 4.79 Å². The molecule has 0 N–H and O–H groups in total. The number of hydrogen-bond donors (Lipinski definition) is 0. The van der Waals surface area contributed by atoms with Crippen molar-refractivity contribution in [3.8, 4) is 11.3 Å². The number of benzene rings is 2. The molecule has 0 aliphatic rings. The summed E-state index contributed by atoms with van der Waals surface area (Å²) in [6.07, 6.45) is 0. The van der Waals surface area contributed by atoms with Gasteiger partial charge in [-0.3, -0.25) is 10.1 Å². The first-order chi connectivity index (χ1) is 10.1. The van der Waals surface area contributed by atoms with Crippen LogP contribution in [-0.2, 0) is 0 Å². The molecule has 0 saturated carbocycles. The molecule has 0 radical (unpaired) electrons. The molecule has 0 fully saturated rings. The molecule has 5 nitrogen and oxygen atoms in total. The first kappa shape index (κ1) is 13.7. The highest BCUT2D eigenvalue weighted by molar-refractivity contribution is 14.1. The summed E-state index contributed by atoms with van der Waals surface area (Å²) in [5, 5.41) is 11.7. The van der Waals surface area contributed by atoms with E-state index in [0.29, 0.717) is 20.3 Å². The molecule has 0 saturated heterocycles. The quantitative estimate of drug-likeness (QED) is 0.375. The van der Waals surface area contributed by atoms with Crippen LogP contribution in [0, 0.1) is 13.7 Å². The van der Waals surface area contributed by atoms with E-state index in [4.69, 9.17) is 4.42 Å². The molecule has 0 bridgehead atoms. The van der Waals surface area contributed by atoms with Gasteiger partial charge in [0.1, 0.15) is 0 Å². The summed E-state index contributed by atoms with van der Waals surface area (Å²) >= 11 is 1.98. The minimum atomic E-state index is -0.576. The molecule has 0 spiro atoms. The van der Waals surface area contributed by atoms with E-state index >= 15 is 0 Å². The lowest BCUT2D eigenvalue weighted by molar-refractivity contribution is -0.383. The maximum absolute atomic E-state index is 12.1. The zero-order valence-corrected chi connectivity index (χ0v) is 12.7. The van der Waals surface area contributed by atoms with E-state index in [9.17, 15) is 14.9 Å². The summed E-state index contributed by atoms with van der Waals surface area (Å²) in [6, 6.07) is 13.5. The smallest absolute Gasteiger partial charge is 0.344 e. The van der Waals surface area contributed by atoms with Crippen molar-refractivity contribution in [3.63, 3.8) is 0 Å². The van der Waals surface area contributed by atoms with Gasteiger partial charge in [-0.15, -0.1) is 0 Å². The second kappa shape index (κ2) is 5.28. The van der Waals surface area contributed by atoms with E-state index in [2.05, 4.69) is 0 Å². The van der Waals surface area contributed by atoms with Gasteiger partial charge < -0.3 is 4.42 Å². The molecular formula is C15H8INO4. The molecule has 104 valence electrons. The molecule has 1 heterocycles. The molecule has 0 unspecified atom stereocenters. The Hall–Kier alpha value is -2.22. The lowest BCUT2D eigenvalue weighted by atomic mass is 10.1. The molecule has 3 aromatic rings. The molecule has 3 rings (SSSR count). The van der Waals surface area contributed by atoms with Gasteiger partial charge in [-0.2, -0.15) is 0 Å². The first-order valence-electron chi connectivity index (χ1n) is 6.04. The molecule has 0 aliphatic carbocycles. The summed E-state index contributed by atoms with van der Waals surface area (Å²) in [5.41, 5.74) is 0.0361. The van der Waals surface area contributed by atoms with Crippen molar-refractivity contribution in [2.45, 2.75) is 0 Å². The van der Waals surface area contributed by atoms with E-state index in [1.54, 1.807) is 12.1 Å². The van der Waals surface area contributed by atoms with Crippen molar-refractivity contribution in [2.75, 3.05) is 0 Å². The zero-order valence-electron chi connectivity index (χ0n) is 10.6. The van der Waals surface area contributed by atoms with Crippen molar-refractivity contribution >= 4 is 39.1 Å². The highest BCUT2D eigenvalue weighted by Gasteiger charge is 2.21. The Kier molecular flexibility index (Phi) is 3.46. The van der Waals surface area contributed by atoms with Crippen LogP contribution in [0.1, 0.15) is 0 Å².